The van der Waals surface area contributed by atoms with Crippen LogP contribution in [0.2, 0.25) is 0 Å². The van der Waals surface area contributed by atoms with Gasteiger partial charge in [0.2, 0.25) is 0 Å². The third-order valence-corrected chi connectivity index (χ3v) is 3.87. The van der Waals surface area contributed by atoms with E-state index in [1.807, 2.05) is 6.07 Å². The zero-order valence-electron chi connectivity index (χ0n) is 7.44. The third-order valence-electron chi connectivity index (χ3n) is 1.50. The zero-order valence-corrected chi connectivity index (χ0v) is 10.7. The second-order valence-electron chi connectivity index (χ2n) is 2.69. The molecule has 1 rings (SSSR count). The van der Waals surface area contributed by atoms with Crippen LogP contribution in [-0.2, 0) is 9.73 Å². The summed E-state index contributed by atoms with van der Waals surface area (Å²) in [5.41, 5.74) is 5.23. The van der Waals surface area contributed by atoms with E-state index in [1.54, 1.807) is 18.2 Å². The topological polar surface area (TPSA) is 55.5 Å². The van der Waals surface area contributed by atoms with Crippen LogP contribution in [0.4, 0.5) is 0 Å². The fraction of sp³-hybridized carbons (Fsp3) is 0.125. The first-order chi connectivity index (χ1) is 6.42. The normalized spacial score (nSPS) is 14.4. The third kappa shape index (κ3) is 3.04. The van der Waals surface area contributed by atoms with E-state index in [9.17, 15) is 4.21 Å². The van der Waals surface area contributed by atoms with Crippen molar-refractivity contribution < 1.29 is 4.21 Å². The number of halogens is 1. The van der Waals surface area contributed by atoms with Crippen LogP contribution >= 0.6 is 28.1 Å². The van der Waals surface area contributed by atoms with Crippen LogP contribution in [0.1, 0.15) is 0 Å². The number of rotatable bonds is 1. The Bertz CT molecular complexity index is 478. The molecule has 6 heteroatoms. The summed E-state index contributed by atoms with van der Waals surface area (Å²) in [6.45, 7) is 0. The molecule has 0 aliphatic carbocycles. The number of benzene rings is 1. The number of nitrogens with zero attached hydrogens (tertiary/aromatic N) is 1. The summed E-state index contributed by atoms with van der Waals surface area (Å²) in [4.78, 5) is 0.611. The average molecular weight is 293 g/mol. The summed E-state index contributed by atoms with van der Waals surface area (Å²) < 4.78 is 16.6. The minimum absolute atomic E-state index is 0.0857. The molecular weight excluding hydrogens is 284 g/mol. The molecule has 0 aliphatic rings. The van der Waals surface area contributed by atoms with Crippen molar-refractivity contribution in [1.29, 1.82) is 0 Å². The van der Waals surface area contributed by atoms with E-state index >= 15 is 0 Å². The maximum absolute atomic E-state index is 12.0. The summed E-state index contributed by atoms with van der Waals surface area (Å²) in [7, 11) is -2.50. The minimum Gasteiger partial charge on any atom is -0.374 e. The Morgan fingerprint density at radius 3 is 2.79 bits per heavy atom. The first-order valence-corrected chi connectivity index (χ1v) is 6.81. The molecule has 0 bridgehead atoms. The zero-order chi connectivity index (χ0) is 10.8. The van der Waals surface area contributed by atoms with Crippen LogP contribution in [-0.4, -0.2) is 15.6 Å². The van der Waals surface area contributed by atoms with Crippen molar-refractivity contribution in [2.24, 2.45) is 10.1 Å². The molecule has 0 aliphatic heterocycles. The highest BCUT2D eigenvalue weighted by Crippen LogP contribution is 2.17. The fourth-order valence-corrected chi connectivity index (χ4v) is 3.03. The molecule has 0 radical (unpaired) electrons. The molecule has 3 nitrogen and oxygen atoms in total. The molecular formula is C8H9BrN2OS2. The Morgan fingerprint density at radius 2 is 2.29 bits per heavy atom. The lowest BCUT2D eigenvalue weighted by molar-refractivity contribution is 0.681. The molecule has 14 heavy (non-hydrogen) atoms. The molecule has 1 unspecified atom stereocenters. The van der Waals surface area contributed by atoms with Crippen LogP contribution in [0.25, 0.3) is 0 Å². The van der Waals surface area contributed by atoms with Gasteiger partial charge in [-0.15, -0.1) is 0 Å². The van der Waals surface area contributed by atoms with Gasteiger partial charge in [-0.2, -0.15) is 4.36 Å². The molecule has 0 heterocycles. The van der Waals surface area contributed by atoms with Crippen molar-refractivity contribution in [2.45, 2.75) is 4.90 Å². The summed E-state index contributed by atoms with van der Waals surface area (Å²) in [5, 5.41) is -0.0857. The van der Waals surface area contributed by atoms with Crippen molar-refractivity contribution in [1.82, 2.24) is 0 Å². The van der Waals surface area contributed by atoms with Gasteiger partial charge in [-0.25, -0.2) is 4.21 Å². The second-order valence-corrected chi connectivity index (χ2v) is 6.28. The lowest BCUT2D eigenvalue weighted by atomic mass is 10.4. The Balaban J connectivity index is 3.30. The lowest BCUT2D eigenvalue weighted by Gasteiger charge is -2.03. The van der Waals surface area contributed by atoms with Gasteiger partial charge < -0.3 is 5.73 Å². The largest absolute Gasteiger partial charge is 0.374 e. The molecule has 0 amide bonds. The van der Waals surface area contributed by atoms with Gasteiger partial charge >= 0.3 is 0 Å². The smallest absolute Gasteiger partial charge is 0.199 e. The van der Waals surface area contributed by atoms with Crippen LogP contribution in [0, 0.1) is 0 Å². The van der Waals surface area contributed by atoms with Crippen LogP contribution in [0.3, 0.4) is 0 Å². The number of nitrogens with two attached hydrogens (primary N) is 1. The highest BCUT2D eigenvalue weighted by Gasteiger charge is 2.06. The Labute approximate surface area is 97.0 Å². The van der Waals surface area contributed by atoms with Gasteiger partial charge in [-0.05, 0) is 30.4 Å². The minimum atomic E-state index is -2.50. The monoisotopic (exact) mass is 292 g/mol. The predicted molar refractivity (Wildman–Crippen MR) is 65.7 cm³/mol. The van der Waals surface area contributed by atoms with Crippen LogP contribution < -0.4 is 5.73 Å². The van der Waals surface area contributed by atoms with Gasteiger partial charge in [-0.1, -0.05) is 22.0 Å². The molecule has 0 aromatic heterocycles. The number of hydrogen-bond acceptors (Lipinski definition) is 2. The van der Waals surface area contributed by atoms with Gasteiger partial charge in [0.1, 0.15) is 0 Å². The number of hydrogen-bond donors (Lipinski definition) is 1. The highest BCUT2D eigenvalue weighted by molar-refractivity contribution is 9.10. The van der Waals surface area contributed by atoms with Crippen molar-refractivity contribution in [3.63, 3.8) is 0 Å². The molecule has 76 valence electrons. The number of thiocarbonyl (C=S) groups is 1. The van der Waals surface area contributed by atoms with E-state index < -0.39 is 9.73 Å². The van der Waals surface area contributed by atoms with E-state index in [1.165, 1.54) is 6.26 Å². The SMILES string of the molecule is CS(=O)(=NC(N)=S)c1cccc(Br)c1. The standard InChI is InChI=1S/C8H9BrN2OS2/c1-14(12,11-8(10)13)7-4-2-3-6(9)5-7/h2-5H,1H3,(H2,10,13). The molecule has 2 N–H and O–H groups in total. The molecule has 1 atom stereocenters. The molecule has 0 spiro atoms. The molecule has 0 saturated carbocycles. The molecule has 0 fully saturated rings. The van der Waals surface area contributed by atoms with Crippen molar-refractivity contribution >= 4 is 43.0 Å². The van der Waals surface area contributed by atoms with E-state index in [0.29, 0.717) is 4.90 Å². The average Bonchev–Trinajstić information content (AvgIpc) is 2.01. The Hall–Kier alpha value is -0.460. The first kappa shape index (κ1) is 11.6. The quantitative estimate of drug-likeness (QED) is 0.807. The van der Waals surface area contributed by atoms with Crippen molar-refractivity contribution in [3.05, 3.63) is 28.7 Å². The van der Waals surface area contributed by atoms with Gasteiger partial charge in [0, 0.05) is 15.6 Å². The van der Waals surface area contributed by atoms with E-state index in [2.05, 4.69) is 32.5 Å². The summed E-state index contributed by atoms with van der Waals surface area (Å²) in [6, 6.07) is 7.11. The van der Waals surface area contributed by atoms with E-state index in [-0.39, 0.29) is 5.11 Å². The Kier molecular flexibility index (Phi) is 3.63. The van der Waals surface area contributed by atoms with Gasteiger partial charge in [0.25, 0.3) is 0 Å². The van der Waals surface area contributed by atoms with Gasteiger partial charge in [0.15, 0.2) is 5.11 Å². The maximum Gasteiger partial charge on any atom is 0.199 e. The second kappa shape index (κ2) is 4.37. The summed E-state index contributed by atoms with van der Waals surface area (Å²) in [5.74, 6) is 0. The Morgan fingerprint density at radius 1 is 1.64 bits per heavy atom. The maximum atomic E-state index is 12.0. The predicted octanol–water partition coefficient (Wildman–Crippen LogP) is 2.15. The van der Waals surface area contributed by atoms with Crippen molar-refractivity contribution in [2.75, 3.05) is 6.26 Å². The highest BCUT2D eigenvalue weighted by atomic mass is 79.9. The molecule has 1 aromatic rings. The first-order valence-electron chi connectivity index (χ1n) is 3.69. The summed E-state index contributed by atoms with van der Waals surface area (Å²) >= 11 is 7.89. The summed E-state index contributed by atoms with van der Waals surface area (Å²) in [6.07, 6.45) is 1.51. The van der Waals surface area contributed by atoms with E-state index in [0.717, 1.165) is 4.47 Å². The molecule has 0 saturated heterocycles. The van der Waals surface area contributed by atoms with Crippen molar-refractivity contribution in [3.8, 4) is 0 Å². The van der Waals surface area contributed by atoms with Crippen LogP contribution in [0.15, 0.2) is 38.0 Å². The van der Waals surface area contributed by atoms with E-state index in [4.69, 9.17) is 5.73 Å². The van der Waals surface area contributed by atoms with Gasteiger partial charge in [0.05, 0.1) is 9.73 Å². The molecule has 1 aromatic carbocycles. The van der Waals surface area contributed by atoms with Crippen LogP contribution in [0.5, 0.6) is 0 Å². The fourth-order valence-electron chi connectivity index (χ4n) is 0.927. The van der Waals surface area contributed by atoms with Gasteiger partial charge in [-0.3, -0.25) is 0 Å². The lowest BCUT2D eigenvalue weighted by Crippen LogP contribution is -2.08.